The first kappa shape index (κ1) is 22.3. The Bertz CT molecular complexity index is 1060. The van der Waals surface area contributed by atoms with Gasteiger partial charge in [-0.25, -0.2) is 9.97 Å². The van der Waals surface area contributed by atoms with Gasteiger partial charge in [-0.05, 0) is 25.6 Å². The predicted molar refractivity (Wildman–Crippen MR) is 124 cm³/mol. The van der Waals surface area contributed by atoms with Crippen molar-refractivity contribution >= 4 is 16.8 Å². The number of carbonyl (C=O) groups is 1. The smallest absolute Gasteiger partial charge is 0.226 e. The van der Waals surface area contributed by atoms with Crippen LogP contribution in [0.15, 0.2) is 40.9 Å². The van der Waals surface area contributed by atoms with Crippen molar-refractivity contribution in [3.63, 3.8) is 0 Å². The van der Waals surface area contributed by atoms with Crippen LogP contribution in [0.25, 0.3) is 22.2 Å². The van der Waals surface area contributed by atoms with Gasteiger partial charge in [0.25, 0.3) is 0 Å². The van der Waals surface area contributed by atoms with Crippen molar-refractivity contribution in [1.29, 1.82) is 0 Å². The third kappa shape index (κ3) is 4.93. The van der Waals surface area contributed by atoms with Gasteiger partial charge in [0.15, 0.2) is 5.76 Å². The number of aromatic nitrogens is 2. The van der Waals surface area contributed by atoms with Crippen molar-refractivity contribution in [3.05, 3.63) is 42.4 Å². The maximum Gasteiger partial charge on any atom is 0.226 e. The van der Waals surface area contributed by atoms with Crippen molar-refractivity contribution in [1.82, 2.24) is 20.2 Å². The number of carbonyl (C=O) groups excluding carboxylic acids is 1. The molecule has 0 saturated carbocycles. The van der Waals surface area contributed by atoms with Gasteiger partial charge >= 0.3 is 0 Å². The molecule has 0 aliphatic carbocycles. The first-order valence-electron chi connectivity index (χ1n) is 11.5. The number of pyridine rings is 1. The lowest BCUT2D eigenvalue weighted by Gasteiger charge is -2.35. The Morgan fingerprint density at radius 1 is 1.28 bits per heavy atom. The number of benzene rings is 1. The van der Waals surface area contributed by atoms with Crippen LogP contribution < -0.4 is 10.1 Å². The second kappa shape index (κ2) is 10.1. The molecule has 1 saturated heterocycles. The van der Waals surface area contributed by atoms with Gasteiger partial charge < -0.3 is 19.4 Å². The summed E-state index contributed by atoms with van der Waals surface area (Å²) in [6.45, 7) is 3.79. The molecule has 1 aliphatic rings. The molecule has 2 aromatic heterocycles. The number of unbranched alkanes of at least 4 members (excludes halogenated alkanes) is 3. The fraction of sp³-hybridized carbons (Fsp3) is 0.480. The fourth-order valence-electron chi connectivity index (χ4n) is 4.19. The highest BCUT2D eigenvalue weighted by molar-refractivity contribution is 5.85. The Morgan fingerprint density at radius 2 is 2.09 bits per heavy atom. The van der Waals surface area contributed by atoms with Gasteiger partial charge in [-0.1, -0.05) is 50.8 Å². The molecule has 1 unspecified atom stereocenters. The van der Waals surface area contributed by atoms with Crippen LogP contribution >= 0.6 is 0 Å². The first-order valence-corrected chi connectivity index (χ1v) is 11.5. The minimum atomic E-state index is -0.238. The highest BCUT2D eigenvalue weighted by Crippen LogP contribution is 2.33. The van der Waals surface area contributed by atoms with Gasteiger partial charge in [0, 0.05) is 18.5 Å². The van der Waals surface area contributed by atoms with E-state index in [2.05, 4.69) is 27.1 Å². The Morgan fingerprint density at radius 3 is 2.84 bits per heavy atom. The molecule has 1 amide bonds. The Kier molecular flexibility index (Phi) is 7.05. The number of oxazole rings is 1. The number of rotatable bonds is 10. The Balaban J connectivity index is 1.57. The Hall–Kier alpha value is -2.93. The molecule has 4 rings (SSSR count). The van der Waals surface area contributed by atoms with Gasteiger partial charge in [0.05, 0.1) is 30.3 Å². The summed E-state index contributed by atoms with van der Waals surface area (Å²) in [5, 5.41) is 4.19. The van der Waals surface area contributed by atoms with Crippen LogP contribution in [0.4, 0.5) is 0 Å². The molecule has 32 heavy (non-hydrogen) atoms. The normalized spacial score (nSPS) is 15.5. The van der Waals surface area contributed by atoms with Gasteiger partial charge in [-0.15, -0.1) is 0 Å². The third-order valence-corrected chi connectivity index (χ3v) is 6.07. The largest absolute Gasteiger partial charge is 0.480 e. The highest BCUT2D eigenvalue weighted by atomic mass is 16.5. The number of fused-ring (bicyclic) bond motifs is 1. The maximum atomic E-state index is 12.7. The van der Waals surface area contributed by atoms with E-state index in [1.165, 1.54) is 12.8 Å². The maximum absolute atomic E-state index is 12.7. The molecule has 1 aromatic carbocycles. The summed E-state index contributed by atoms with van der Waals surface area (Å²) in [4.78, 5) is 24.0. The third-order valence-electron chi connectivity index (χ3n) is 6.07. The summed E-state index contributed by atoms with van der Waals surface area (Å²) in [5.74, 6) is 1.73. The lowest BCUT2D eigenvalue weighted by Crippen LogP contribution is -2.52. The van der Waals surface area contributed by atoms with Crippen molar-refractivity contribution in [2.45, 2.75) is 45.1 Å². The van der Waals surface area contributed by atoms with Crippen molar-refractivity contribution in [2.24, 2.45) is 5.92 Å². The van der Waals surface area contributed by atoms with Gasteiger partial charge in [-0.2, -0.15) is 0 Å². The molecule has 0 radical (unpaired) electrons. The van der Waals surface area contributed by atoms with E-state index in [1.54, 1.807) is 13.3 Å². The predicted octanol–water partition coefficient (Wildman–Crippen LogP) is 4.59. The quantitative estimate of drug-likeness (QED) is 0.468. The zero-order valence-corrected chi connectivity index (χ0v) is 19.1. The number of likely N-dealkylation sites (tertiary alicyclic amines) is 1. The number of nitrogens with zero attached hydrogens (tertiary/aromatic N) is 3. The fourth-order valence-corrected chi connectivity index (χ4v) is 4.19. The summed E-state index contributed by atoms with van der Waals surface area (Å²) in [6.07, 6.45) is 7.01. The average Bonchev–Trinajstić information content (AvgIpc) is 3.28. The number of methoxy groups -OCH3 is 1. The van der Waals surface area contributed by atoms with Crippen LogP contribution in [0.1, 0.15) is 51.0 Å². The van der Waals surface area contributed by atoms with Gasteiger partial charge in [0.1, 0.15) is 6.04 Å². The van der Waals surface area contributed by atoms with E-state index < -0.39 is 0 Å². The molecule has 170 valence electrons. The van der Waals surface area contributed by atoms with E-state index in [9.17, 15) is 4.79 Å². The van der Waals surface area contributed by atoms with Crippen molar-refractivity contribution in [3.8, 4) is 17.2 Å². The van der Waals surface area contributed by atoms with Crippen LogP contribution in [-0.2, 0) is 4.79 Å². The highest BCUT2D eigenvalue weighted by Gasteiger charge is 2.32. The minimum Gasteiger partial charge on any atom is -0.480 e. The Labute approximate surface area is 189 Å². The van der Waals surface area contributed by atoms with Crippen LogP contribution in [0.3, 0.4) is 0 Å². The van der Waals surface area contributed by atoms with E-state index in [0.29, 0.717) is 17.5 Å². The van der Waals surface area contributed by atoms with Crippen molar-refractivity contribution < 1.29 is 13.9 Å². The number of hydrogen-bond donors (Lipinski definition) is 1. The standard InChI is InChI=1S/C25H32N4O3/c1-4-5-6-7-12-21(27-23(30)18-15-29(2)16-18)25-26-14-22(32-25)19-13-17-10-8-9-11-20(17)28-24(19)31-3/h8-11,13-14,18,21H,4-7,12,15-16H2,1-3H3,(H,27,30). The summed E-state index contributed by atoms with van der Waals surface area (Å²) >= 11 is 0. The molecule has 7 nitrogen and oxygen atoms in total. The first-order chi connectivity index (χ1) is 15.6. The van der Waals surface area contributed by atoms with E-state index in [1.807, 2.05) is 37.4 Å². The second-order valence-corrected chi connectivity index (χ2v) is 8.63. The zero-order valence-electron chi connectivity index (χ0n) is 19.1. The molecule has 3 aromatic rings. The van der Waals surface area contributed by atoms with Crippen molar-refractivity contribution in [2.75, 3.05) is 27.2 Å². The molecule has 1 atom stereocenters. The van der Waals surface area contributed by atoms with E-state index >= 15 is 0 Å². The minimum absolute atomic E-state index is 0.0392. The topological polar surface area (TPSA) is 80.5 Å². The second-order valence-electron chi connectivity index (χ2n) is 8.63. The number of ether oxygens (including phenoxy) is 1. The molecule has 0 spiro atoms. The number of nitrogens with one attached hydrogen (secondary N) is 1. The summed E-state index contributed by atoms with van der Waals surface area (Å²) < 4.78 is 11.7. The molecular formula is C25H32N4O3. The average molecular weight is 437 g/mol. The zero-order chi connectivity index (χ0) is 22.5. The summed E-state index contributed by atoms with van der Waals surface area (Å²) in [5.41, 5.74) is 1.61. The lowest BCUT2D eigenvalue weighted by atomic mass is 9.99. The van der Waals surface area contributed by atoms with Crippen LogP contribution in [0.2, 0.25) is 0 Å². The molecular weight excluding hydrogens is 404 g/mol. The number of hydrogen-bond acceptors (Lipinski definition) is 6. The SMILES string of the molecule is CCCCCCC(NC(=O)C1CN(C)C1)c1ncc(-c2cc3ccccc3nc2OC)o1. The monoisotopic (exact) mass is 436 g/mol. The van der Waals surface area contributed by atoms with Crippen LogP contribution in [0.5, 0.6) is 5.88 Å². The van der Waals surface area contributed by atoms with Gasteiger partial charge in [0.2, 0.25) is 17.7 Å². The number of amides is 1. The van der Waals surface area contributed by atoms with Gasteiger partial charge in [-0.3, -0.25) is 4.79 Å². The molecule has 3 heterocycles. The molecule has 0 bridgehead atoms. The molecule has 7 heteroatoms. The van der Waals surface area contributed by atoms with Crippen LogP contribution in [-0.4, -0.2) is 48.0 Å². The molecule has 1 fully saturated rings. The molecule has 1 N–H and O–H groups in total. The number of para-hydroxylation sites is 1. The van der Waals surface area contributed by atoms with E-state index in [0.717, 1.165) is 48.8 Å². The van der Waals surface area contributed by atoms with E-state index in [-0.39, 0.29) is 17.9 Å². The summed E-state index contributed by atoms with van der Waals surface area (Å²) in [6, 6.07) is 9.66. The summed E-state index contributed by atoms with van der Waals surface area (Å²) in [7, 11) is 3.63. The molecule has 1 aliphatic heterocycles. The van der Waals surface area contributed by atoms with E-state index in [4.69, 9.17) is 9.15 Å². The lowest BCUT2D eigenvalue weighted by molar-refractivity contribution is -0.130. The van der Waals surface area contributed by atoms with Crippen LogP contribution in [0, 0.1) is 5.92 Å².